The molecule has 0 saturated heterocycles. The van der Waals surface area contributed by atoms with Gasteiger partial charge < -0.3 is 10.2 Å². The Morgan fingerprint density at radius 3 is 2.63 bits per heavy atom. The normalized spacial score (nSPS) is 16.1. The average molecular weight is 265 g/mol. The van der Waals surface area contributed by atoms with Gasteiger partial charge in [-0.3, -0.25) is 10.1 Å². The van der Waals surface area contributed by atoms with Crippen LogP contribution in [0.2, 0.25) is 0 Å². The van der Waals surface area contributed by atoms with Crippen molar-refractivity contribution < 1.29 is 4.92 Å². The Balaban J connectivity index is 2.34. The fourth-order valence-electron chi connectivity index (χ4n) is 2.62. The zero-order valence-electron chi connectivity index (χ0n) is 11.3. The topological polar surface area (TPSA) is 84.2 Å². The van der Waals surface area contributed by atoms with Crippen molar-refractivity contribution in [3.05, 3.63) is 16.4 Å². The molecule has 0 bridgehead atoms. The highest BCUT2D eigenvalue weighted by molar-refractivity contribution is 5.70. The van der Waals surface area contributed by atoms with E-state index in [-0.39, 0.29) is 11.5 Å². The molecule has 1 aromatic rings. The van der Waals surface area contributed by atoms with Gasteiger partial charge in [-0.25, -0.2) is 9.97 Å². The lowest BCUT2D eigenvalue weighted by molar-refractivity contribution is -0.383. The number of nitro groups is 1. The molecule has 0 aromatic carbocycles. The predicted molar refractivity (Wildman–Crippen MR) is 73.5 cm³/mol. The van der Waals surface area contributed by atoms with Gasteiger partial charge in [0.25, 0.3) is 0 Å². The first-order chi connectivity index (χ1) is 9.15. The third-order valence-electron chi connectivity index (χ3n) is 3.68. The zero-order valence-corrected chi connectivity index (χ0v) is 11.3. The van der Waals surface area contributed by atoms with E-state index >= 15 is 0 Å². The number of hydrogen-bond donors (Lipinski definition) is 1. The van der Waals surface area contributed by atoms with Crippen LogP contribution in [0, 0.1) is 10.1 Å². The molecule has 0 radical (unpaired) electrons. The minimum atomic E-state index is -0.416. The lowest BCUT2D eigenvalue weighted by Crippen LogP contribution is -2.34. The molecule has 1 aromatic heterocycles. The van der Waals surface area contributed by atoms with Gasteiger partial charge in [-0.2, -0.15) is 0 Å². The highest BCUT2D eigenvalue weighted by Crippen LogP contribution is 2.34. The predicted octanol–water partition coefficient (Wildman–Crippen LogP) is 2.20. The van der Waals surface area contributed by atoms with Gasteiger partial charge in [0.05, 0.1) is 4.92 Å². The molecule has 0 unspecified atom stereocenters. The molecule has 1 N–H and O–H groups in total. The summed E-state index contributed by atoms with van der Waals surface area (Å²) in [5.41, 5.74) is -0.0435. The molecular weight excluding hydrogens is 246 g/mol. The molecule has 19 heavy (non-hydrogen) atoms. The number of nitrogens with one attached hydrogen (secondary N) is 1. The maximum atomic E-state index is 11.2. The number of nitrogens with zero attached hydrogens (tertiary/aromatic N) is 4. The lowest BCUT2D eigenvalue weighted by atomic mass is 9.94. The Morgan fingerprint density at radius 2 is 2.05 bits per heavy atom. The Bertz CT molecular complexity index is 459. The molecule has 1 heterocycles. The maximum absolute atomic E-state index is 11.2. The van der Waals surface area contributed by atoms with Crippen molar-refractivity contribution in [1.82, 2.24) is 9.97 Å². The van der Waals surface area contributed by atoms with E-state index in [1.54, 1.807) is 7.05 Å². The average Bonchev–Trinajstić information content (AvgIpc) is 2.46. The summed E-state index contributed by atoms with van der Waals surface area (Å²) in [5, 5.41) is 14.0. The van der Waals surface area contributed by atoms with E-state index in [2.05, 4.69) is 15.3 Å². The Hall–Kier alpha value is -1.92. The summed E-state index contributed by atoms with van der Waals surface area (Å²) in [6.45, 7) is 0. The second-order valence-electron chi connectivity index (χ2n) is 4.80. The molecule has 0 atom stereocenters. The molecule has 0 aliphatic heterocycles. The molecule has 7 heteroatoms. The monoisotopic (exact) mass is 265 g/mol. The molecule has 0 amide bonds. The van der Waals surface area contributed by atoms with Crippen LogP contribution >= 0.6 is 0 Å². The van der Waals surface area contributed by atoms with Crippen molar-refractivity contribution in [2.75, 3.05) is 24.3 Å². The fourth-order valence-corrected chi connectivity index (χ4v) is 2.62. The van der Waals surface area contributed by atoms with Crippen LogP contribution in [0.25, 0.3) is 0 Å². The maximum Gasteiger partial charge on any atom is 0.353 e. The minimum Gasteiger partial charge on any atom is -0.367 e. The van der Waals surface area contributed by atoms with Crippen molar-refractivity contribution in [3.63, 3.8) is 0 Å². The van der Waals surface area contributed by atoms with Gasteiger partial charge >= 0.3 is 5.69 Å². The van der Waals surface area contributed by atoms with E-state index in [1.807, 2.05) is 11.9 Å². The summed E-state index contributed by atoms with van der Waals surface area (Å²) in [7, 11) is 3.50. The molecule has 7 nitrogen and oxygen atoms in total. The number of rotatable bonds is 4. The second kappa shape index (κ2) is 5.81. The first-order valence-corrected chi connectivity index (χ1v) is 6.55. The smallest absolute Gasteiger partial charge is 0.353 e. The van der Waals surface area contributed by atoms with Gasteiger partial charge in [-0.05, 0) is 12.8 Å². The van der Waals surface area contributed by atoms with E-state index in [1.165, 1.54) is 25.6 Å². The van der Waals surface area contributed by atoms with Crippen LogP contribution in [0.4, 0.5) is 17.3 Å². The molecule has 2 rings (SSSR count). The van der Waals surface area contributed by atoms with Crippen molar-refractivity contribution in [2.45, 2.75) is 38.1 Å². The minimum absolute atomic E-state index is 0.0435. The number of hydrogen-bond acceptors (Lipinski definition) is 6. The van der Waals surface area contributed by atoms with Gasteiger partial charge in [0, 0.05) is 20.1 Å². The van der Waals surface area contributed by atoms with Gasteiger partial charge in [-0.15, -0.1) is 0 Å². The largest absolute Gasteiger partial charge is 0.367 e. The highest BCUT2D eigenvalue weighted by atomic mass is 16.6. The standard InChI is InChI=1S/C12H19N5O2/c1-13-11-10(17(18)19)12(15-8-14-11)16(2)9-6-4-3-5-7-9/h8-9H,3-7H2,1-2H3,(H,13,14,15). The Morgan fingerprint density at radius 1 is 1.37 bits per heavy atom. The summed E-state index contributed by atoms with van der Waals surface area (Å²) in [5.74, 6) is 0.661. The Labute approximate surface area is 112 Å². The van der Waals surface area contributed by atoms with Crippen LogP contribution in [0.3, 0.4) is 0 Å². The van der Waals surface area contributed by atoms with Crippen molar-refractivity contribution in [1.29, 1.82) is 0 Å². The highest BCUT2D eigenvalue weighted by Gasteiger charge is 2.28. The molecule has 1 aliphatic rings. The Kier molecular flexibility index (Phi) is 4.13. The van der Waals surface area contributed by atoms with Gasteiger partial charge in [0.15, 0.2) is 0 Å². The van der Waals surface area contributed by atoms with Crippen LogP contribution in [0.1, 0.15) is 32.1 Å². The first-order valence-electron chi connectivity index (χ1n) is 6.55. The van der Waals surface area contributed by atoms with Crippen LogP contribution in [-0.2, 0) is 0 Å². The van der Waals surface area contributed by atoms with Crippen molar-refractivity contribution in [2.24, 2.45) is 0 Å². The summed E-state index contributed by atoms with van der Waals surface area (Å²) in [6, 6.07) is 0.326. The third-order valence-corrected chi connectivity index (χ3v) is 3.68. The third kappa shape index (κ3) is 2.74. The van der Waals surface area contributed by atoms with Crippen LogP contribution in [-0.4, -0.2) is 35.0 Å². The molecule has 1 saturated carbocycles. The van der Waals surface area contributed by atoms with Crippen molar-refractivity contribution in [3.8, 4) is 0 Å². The summed E-state index contributed by atoms with van der Waals surface area (Å²) in [6.07, 6.45) is 7.09. The van der Waals surface area contributed by atoms with Gasteiger partial charge in [-0.1, -0.05) is 19.3 Å². The van der Waals surface area contributed by atoms with Gasteiger partial charge in [0.2, 0.25) is 11.6 Å². The van der Waals surface area contributed by atoms with Crippen LogP contribution in [0.5, 0.6) is 0 Å². The molecule has 0 spiro atoms. The van der Waals surface area contributed by atoms with E-state index in [0.717, 1.165) is 12.8 Å². The van der Waals surface area contributed by atoms with E-state index < -0.39 is 4.92 Å². The number of aromatic nitrogens is 2. The first kappa shape index (κ1) is 13.5. The SMILES string of the molecule is CNc1ncnc(N(C)C2CCCCC2)c1[N+](=O)[O-]. The van der Waals surface area contributed by atoms with E-state index in [0.29, 0.717) is 11.9 Å². The molecule has 104 valence electrons. The summed E-state index contributed by atoms with van der Waals surface area (Å²) >= 11 is 0. The van der Waals surface area contributed by atoms with Crippen LogP contribution < -0.4 is 10.2 Å². The van der Waals surface area contributed by atoms with Crippen molar-refractivity contribution >= 4 is 17.3 Å². The van der Waals surface area contributed by atoms with Gasteiger partial charge in [0.1, 0.15) is 6.33 Å². The molecular formula is C12H19N5O2. The summed E-state index contributed by atoms with van der Waals surface area (Å²) in [4.78, 5) is 20.8. The number of anilines is 2. The van der Waals surface area contributed by atoms with E-state index in [9.17, 15) is 10.1 Å². The molecule has 1 fully saturated rings. The fraction of sp³-hybridized carbons (Fsp3) is 0.667. The van der Waals surface area contributed by atoms with E-state index in [4.69, 9.17) is 0 Å². The van der Waals surface area contributed by atoms with Crippen LogP contribution in [0.15, 0.2) is 6.33 Å². The second-order valence-corrected chi connectivity index (χ2v) is 4.80. The quantitative estimate of drug-likeness (QED) is 0.663. The summed E-state index contributed by atoms with van der Waals surface area (Å²) < 4.78 is 0. The lowest BCUT2D eigenvalue weighted by Gasteiger charge is -2.31. The zero-order chi connectivity index (χ0) is 13.8. The molecule has 1 aliphatic carbocycles.